The van der Waals surface area contributed by atoms with Gasteiger partial charge in [0.1, 0.15) is 0 Å². The predicted octanol–water partition coefficient (Wildman–Crippen LogP) is -0.812. The van der Waals surface area contributed by atoms with Gasteiger partial charge in [-0.15, -0.1) is 0 Å². The SMILES string of the molecule is CC(N)c1nc(C(N)=O)no1. The molecule has 6 nitrogen and oxygen atoms in total. The molecule has 0 bridgehead atoms. The summed E-state index contributed by atoms with van der Waals surface area (Å²) in [4.78, 5) is 14.1. The molecule has 6 heteroatoms. The highest BCUT2D eigenvalue weighted by molar-refractivity contribution is 5.88. The lowest BCUT2D eigenvalue weighted by Crippen LogP contribution is -2.13. The highest BCUT2D eigenvalue weighted by Crippen LogP contribution is 2.04. The van der Waals surface area contributed by atoms with Crippen molar-refractivity contribution >= 4 is 5.91 Å². The second-order valence-electron chi connectivity index (χ2n) is 2.11. The smallest absolute Gasteiger partial charge is 0.290 e. The number of primary amides is 1. The van der Waals surface area contributed by atoms with Crippen LogP contribution in [0.2, 0.25) is 0 Å². The average molecular weight is 156 g/mol. The van der Waals surface area contributed by atoms with E-state index in [1.807, 2.05) is 0 Å². The van der Waals surface area contributed by atoms with Crippen LogP contribution in [0.5, 0.6) is 0 Å². The molecule has 60 valence electrons. The quantitative estimate of drug-likeness (QED) is 0.582. The van der Waals surface area contributed by atoms with Gasteiger partial charge in [0.2, 0.25) is 5.89 Å². The molecule has 1 aromatic rings. The second kappa shape index (κ2) is 2.67. The van der Waals surface area contributed by atoms with Crippen LogP contribution < -0.4 is 11.5 Å². The Morgan fingerprint density at radius 2 is 2.36 bits per heavy atom. The number of carbonyl (C=O) groups is 1. The van der Waals surface area contributed by atoms with Gasteiger partial charge >= 0.3 is 0 Å². The first-order valence-corrected chi connectivity index (χ1v) is 3.00. The maximum absolute atomic E-state index is 10.4. The summed E-state index contributed by atoms with van der Waals surface area (Å²) in [6, 6.07) is -0.379. The van der Waals surface area contributed by atoms with Gasteiger partial charge in [-0.1, -0.05) is 5.16 Å². The van der Waals surface area contributed by atoms with Crippen molar-refractivity contribution in [3.63, 3.8) is 0 Å². The van der Waals surface area contributed by atoms with E-state index in [0.717, 1.165) is 0 Å². The molecule has 1 amide bonds. The van der Waals surface area contributed by atoms with Crippen molar-refractivity contribution in [2.75, 3.05) is 0 Å². The van der Waals surface area contributed by atoms with Crippen LogP contribution in [-0.2, 0) is 0 Å². The number of carbonyl (C=O) groups excluding carboxylic acids is 1. The standard InChI is InChI=1S/C5H8N4O2/c1-2(6)5-8-4(3(7)10)9-11-5/h2H,6H2,1H3,(H2,7,10). The van der Waals surface area contributed by atoms with Gasteiger partial charge in [0, 0.05) is 0 Å². The maximum atomic E-state index is 10.4. The van der Waals surface area contributed by atoms with Crippen LogP contribution in [0.3, 0.4) is 0 Å². The van der Waals surface area contributed by atoms with Crippen molar-refractivity contribution in [3.05, 3.63) is 11.7 Å². The number of nitrogens with two attached hydrogens (primary N) is 2. The van der Waals surface area contributed by atoms with E-state index in [-0.39, 0.29) is 17.8 Å². The van der Waals surface area contributed by atoms with E-state index < -0.39 is 5.91 Å². The summed E-state index contributed by atoms with van der Waals surface area (Å²) in [6.45, 7) is 1.66. The number of hydrogen-bond acceptors (Lipinski definition) is 5. The molecule has 1 aromatic heterocycles. The van der Waals surface area contributed by atoms with E-state index in [2.05, 4.69) is 14.7 Å². The molecule has 4 N–H and O–H groups in total. The van der Waals surface area contributed by atoms with Crippen LogP contribution in [0.25, 0.3) is 0 Å². The fraction of sp³-hybridized carbons (Fsp3) is 0.400. The summed E-state index contributed by atoms with van der Waals surface area (Å²) < 4.78 is 4.60. The maximum Gasteiger partial charge on any atom is 0.290 e. The lowest BCUT2D eigenvalue weighted by atomic mass is 10.4. The summed E-state index contributed by atoms with van der Waals surface area (Å²) in [5, 5.41) is 3.30. The minimum absolute atomic E-state index is 0.141. The summed E-state index contributed by atoms with van der Waals surface area (Å²) in [5.41, 5.74) is 10.2. The third-order valence-corrected chi connectivity index (χ3v) is 1.05. The second-order valence-corrected chi connectivity index (χ2v) is 2.11. The lowest BCUT2D eigenvalue weighted by molar-refractivity contribution is 0.0987. The van der Waals surface area contributed by atoms with E-state index >= 15 is 0 Å². The van der Waals surface area contributed by atoms with Crippen LogP contribution in [-0.4, -0.2) is 16.0 Å². The molecule has 0 saturated heterocycles. The topological polar surface area (TPSA) is 108 Å². The molecular weight excluding hydrogens is 148 g/mol. The Kier molecular flexibility index (Phi) is 1.86. The summed E-state index contributed by atoms with van der Waals surface area (Å²) in [7, 11) is 0. The number of nitrogens with zero attached hydrogens (tertiary/aromatic N) is 2. The average Bonchev–Trinajstić information content (AvgIpc) is 2.33. The van der Waals surface area contributed by atoms with Gasteiger partial charge in [0.15, 0.2) is 0 Å². The number of amides is 1. The molecule has 0 aliphatic heterocycles. The van der Waals surface area contributed by atoms with Crippen LogP contribution >= 0.6 is 0 Å². The molecular formula is C5H8N4O2. The van der Waals surface area contributed by atoms with E-state index in [0.29, 0.717) is 0 Å². The van der Waals surface area contributed by atoms with Gasteiger partial charge in [0.25, 0.3) is 11.7 Å². The first kappa shape index (κ1) is 7.67. The van der Waals surface area contributed by atoms with Crippen LogP contribution in [0.4, 0.5) is 0 Å². The van der Waals surface area contributed by atoms with Gasteiger partial charge in [-0.25, -0.2) is 0 Å². The molecule has 1 unspecified atom stereocenters. The lowest BCUT2D eigenvalue weighted by Gasteiger charge is -1.92. The van der Waals surface area contributed by atoms with Gasteiger partial charge in [0.05, 0.1) is 6.04 Å². The van der Waals surface area contributed by atoms with Crippen molar-refractivity contribution in [2.24, 2.45) is 11.5 Å². The molecule has 0 aliphatic carbocycles. The first-order valence-electron chi connectivity index (χ1n) is 3.00. The first-order chi connectivity index (χ1) is 5.11. The number of aromatic nitrogens is 2. The zero-order valence-corrected chi connectivity index (χ0v) is 5.94. The van der Waals surface area contributed by atoms with Crippen molar-refractivity contribution in [2.45, 2.75) is 13.0 Å². The third-order valence-electron chi connectivity index (χ3n) is 1.05. The zero-order chi connectivity index (χ0) is 8.43. The van der Waals surface area contributed by atoms with Gasteiger partial charge in [-0.05, 0) is 6.92 Å². The van der Waals surface area contributed by atoms with Crippen molar-refractivity contribution in [1.29, 1.82) is 0 Å². The minimum Gasteiger partial charge on any atom is -0.363 e. The Morgan fingerprint density at radius 3 is 2.64 bits per heavy atom. The normalized spacial score (nSPS) is 12.9. The van der Waals surface area contributed by atoms with Crippen LogP contribution in [0.1, 0.15) is 29.5 Å². The van der Waals surface area contributed by atoms with Crippen LogP contribution in [0, 0.1) is 0 Å². The Labute approximate surface area is 62.6 Å². The summed E-state index contributed by atoms with van der Waals surface area (Å²) >= 11 is 0. The molecule has 0 fully saturated rings. The summed E-state index contributed by atoms with van der Waals surface area (Å²) in [6.07, 6.45) is 0. The molecule has 11 heavy (non-hydrogen) atoms. The highest BCUT2D eigenvalue weighted by Gasteiger charge is 2.12. The Hall–Kier alpha value is -1.43. The fourth-order valence-corrected chi connectivity index (χ4v) is 0.520. The van der Waals surface area contributed by atoms with Gasteiger partial charge in [-0.2, -0.15) is 4.98 Å². The molecule has 1 rings (SSSR count). The van der Waals surface area contributed by atoms with E-state index in [1.54, 1.807) is 6.92 Å². The monoisotopic (exact) mass is 156 g/mol. The van der Waals surface area contributed by atoms with Crippen molar-refractivity contribution in [3.8, 4) is 0 Å². The molecule has 0 aromatic carbocycles. The van der Waals surface area contributed by atoms with E-state index in [4.69, 9.17) is 11.5 Å². The molecule has 1 atom stereocenters. The minimum atomic E-state index is -0.722. The fourth-order valence-electron chi connectivity index (χ4n) is 0.520. The molecule has 0 aliphatic rings. The molecule has 0 radical (unpaired) electrons. The largest absolute Gasteiger partial charge is 0.363 e. The third kappa shape index (κ3) is 1.53. The van der Waals surface area contributed by atoms with E-state index in [9.17, 15) is 4.79 Å². The van der Waals surface area contributed by atoms with Crippen molar-refractivity contribution < 1.29 is 9.32 Å². The van der Waals surface area contributed by atoms with Gasteiger partial charge < -0.3 is 16.0 Å². The Bertz CT molecular complexity index is 267. The molecule has 0 spiro atoms. The predicted molar refractivity (Wildman–Crippen MR) is 35.4 cm³/mol. The van der Waals surface area contributed by atoms with Crippen molar-refractivity contribution in [1.82, 2.24) is 10.1 Å². The van der Waals surface area contributed by atoms with E-state index in [1.165, 1.54) is 0 Å². The number of hydrogen-bond donors (Lipinski definition) is 2. The number of rotatable bonds is 2. The molecule has 1 heterocycles. The van der Waals surface area contributed by atoms with Crippen LogP contribution in [0.15, 0.2) is 4.52 Å². The molecule has 0 saturated carbocycles. The zero-order valence-electron chi connectivity index (χ0n) is 5.94. The summed E-state index contributed by atoms with van der Waals surface area (Å²) in [5.74, 6) is -0.656. The highest BCUT2D eigenvalue weighted by atomic mass is 16.5. The van der Waals surface area contributed by atoms with Gasteiger partial charge in [-0.3, -0.25) is 4.79 Å². The Balaban J connectivity index is 2.90. The Morgan fingerprint density at radius 1 is 1.73 bits per heavy atom.